The molecule has 0 aliphatic heterocycles. The summed E-state index contributed by atoms with van der Waals surface area (Å²) in [5.74, 6) is -1.46. The average Bonchev–Trinajstić information content (AvgIpc) is 2.28. The number of benzene rings is 1. The van der Waals surface area contributed by atoms with Gasteiger partial charge in [0.1, 0.15) is 5.82 Å². The van der Waals surface area contributed by atoms with Gasteiger partial charge in [0.25, 0.3) is 0 Å². The topological polar surface area (TPSA) is 51.2 Å². The van der Waals surface area contributed by atoms with E-state index in [0.717, 1.165) is 12.1 Å². The Balaban J connectivity index is 3.38. The van der Waals surface area contributed by atoms with Gasteiger partial charge in [-0.25, -0.2) is 12.8 Å². The molecule has 0 saturated heterocycles. The first-order chi connectivity index (χ1) is 8.17. The van der Waals surface area contributed by atoms with Crippen molar-refractivity contribution in [2.24, 2.45) is 5.92 Å². The zero-order valence-corrected chi connectivity index (χ0v) is 11.7. The second kappa shape index (κ2) is 5.18. The van der Waals surface area contributed by atoms with Crippen molar-refractivity contribution in [2.45, 2.75) is 37.8 Å². The fraction of sp³-hybridized carbons (Fsp3) is 0.462. The molecule has 1 rings (SSSR count). The molecule has 1 aromatic rings. The van der Waals surface area contributed by atoms with Crippen molar-refractivity contribution in [2.75, 3.05) is 0 Å². The first-order valence-corrected chi connectivity index (χ1v) is 7.30. The van der Waals surface area contributed by atoms with Crippen LogP contribution in [0.5, 0.6) is 0 Å². The van der Waals surface area contributed by atoms with Gasteiger partial charge in [0.05, 0.1) is 15.7 Å². The third kappa shape index (κ3) is 2.77. The van der Waals surface area contributed by atoms with Gasteiger partial charge in [0.2, 0.25) is 0 Å². The van der Waals surface area contributed by atoms with Gasteiger partial charge in [-0.05, 0) is 32.0 Å². The number of sulfone groups is 1. The van der Waals surface area contributed by atoms with Crippen molar-refractivity contribution in [3.05, 3.63) is 29.6 Å². The maximum atomic E-state index is 13.6. The summed E-state index contributed by atoms with van der Waals surface area (Å²) in [6, 6.07) is 3.36. The highest BCUT2D eigenvalue weighted by atomic mass is 32.2. The molecule has 100 valence electrons. The fourth-order valence-electron chi connectivity index (χ4n) is 1.45. The van der Waals surface area contributed by atoms with Gasteiger partial charge in [-0.1, -0.05) is 13.8 Å². The van der Waals surface area contributed by atoms with Crippen molar-refractivity contribution in [1.82, 2.24) is 0 Å². The monoisotopic (exact) mass is 272 g/mol. The molecule has 0 spiro atoms. The maximum Gasteiger partial charge on any atom is 0.180 e. The molecule has 0 radical (unpaired) electrons. The molecule has 0 aliphatic rings. The second-order valence-corrected chi connectivity index (χ2v) is 7.26. The molecule has 0 aromatic heterocycles. The largest absolute Gasteiger partial charge is 0.294 e. The number of rotatable bonds is 4. The van der Waals surface area contributed by atoms with Gasteiger partial charge >= 0.3 is 0 Å². The number of halogens is 1. The molecule has 0 atom stereocenters. The number of Topliss-reactive ketones (excluding diaryl/α,β-unsaturated/α-hetero) is 1. The van der Waals surface area contributed by atoms with Crippen LogP contribution in [0, 0.1) is 11.7 Å². The lowest BCUT2D eigenvalue weighted by atomic mass is 10.0. The van der Waals surface area contributed by atoms with Crippen LogP contribution in [0.15, 0.2) is 23.1 Å². The lowest BCUT2D eigenvalue weighted by Crippen LogP contribution is -2.16. The zero-order chi connectivity index (χ0) is 14.1. The van der Waals surface area contributed by atoms with Crippen LogP contribution in [0.1, 0.15) is 38.1 Å². The molecule has 0 unspecified atom stereocenters. The standard InChI is InChI=1S/C13H17FO3S/c1-8(2)13(15)11-7-10(5-6-12(11)14)18(16,17)9(3)4/h5-9H,1-4H3. The zero-order valence-electron chi connectivity index (χ0n) is 10.9. The molecule has 1 aromatic carbocycles. The van der Waals surface area contributed by atoms with E-state index in [2.05, 4.69) is 0 Å². The highest BCUT2D eigenvalue weighted by Gasteiger charge is 2.23. The molecule has 0 heterocycles. The van der Waals surface area contributed by atoms with E-state index >= 15 is 0 Å². The van der Waals surface area contributed by atoms with Crippen molar-refractivity contribution in [3.8, 4) is 0 Å². The Labute approximate surface area is 107 Å². The van der Waals surface area contributed by atoms with Crippen LogP contribution in [0.2, 0.25) is 0 Å². The van der Waals surface area contributed by atoms with Gasteiger partial charge in [0.15, 0.2) is 15.6 Å². The number of carbonyl (C=O) groups is 1. The normalized spacial score (nSPS) is 12.2. The van der Waals surface area contributed by atoms with E-state index in [4.69, 9.17) is 0 Å². The molecule has 0 N–H and O–H groups in total. The van der Waals surface area contributed by atoms with Crippen LogP contribution in [0.3, 0.4) is 0 Å². The smallest absolute Gasteiger partial charge is 0.180 e. The van der Waals surface area contributed by atoms with Gasteiger partial charge in [-0.2, -0.15) is 0 Å². The summed E-state index contributed by atoms with van der Waals surface area (Å²) >= 11 is 0. The molecule has 5 heteroatoms. The van der Waals surface area contributed by atoms with Crippen LogP contribution in [-0.4, -0.2) is 19.5 Å². The number of hydrogen-bond donors (Lipinski definition) is 0. The van der Waals surface area contributed by atoms with Gasteiger partial charge < -0.3 is 0 Å². The maximum absolute atomic E-state index is 13.6. The summed E-state index contributed by atoms with van der Waals surface area (Å²) in [6.07, 6.45) is 0. The molecular weight excluding hydrogens is 255 g/mol. The van der Waals surface area contributed by atoms with Gasteiger partial charge in [-0.3, -0.25) is 4.79 Å². The number of hydrogen-bond acceptors (Lipinski definition) is 3. The molecule has 0 fully saturated rings. The van der Waals surface area contributed by atoms with E-state index in [9.17, 15) is 17.6 Å². The summed E-state index contributed by atoms with van der Waals surface area (Å²) in [6.45, 7) is 6.38. The van der Waals surface area contributed by atoms with Crippen molar-refractivity contribution >= 4 is 15.6 Å². The second-order valence-electron chi connectivity index (χ2n) is 4.75. The Hall–Kier alpha value is -1.23. The van der Waals surface area contributed by atoms with E-state index in [1.807, 2.05) is 0 Å². The van der Waals surface area contributed by atoms with E-state index in [-0.39, 0.29) is 16.4 Å². The third-order valence-corrected chi connectivity index (χ3v) is 4.83. The van der Waals surface area contributed by atoms with Crippen LogP contribution in [-0.2, 0) is 9.84 Å². The van der Waals surface area contributed by atoms with E-state index in [1.165, 1.54) is 6.07 Å². The van der Waals surface area contributed by atoms with E-state index < -0.39 is 26.7 Å². The highest BCUT2D eigenvalue weighted by Crippen LogP contribution is 2.21. The Morgan fingerprint density at radius 1 is 1.17 bits per heavy atom. The predicted octanol–water partition coefficient (Wildman–Crippen LogP) is 2.85. The predicted molar refractivity (Wildman–Crippen MR) is 67.9 cm³/mol. The van der Waals surface area contributed by atoms with Crippen molar-refractivity contribution < 1.29 is 17.6 Å². The Morgan fingerprint density at radius 3 is 2.17 bits per heavy atom. The quantitative estimate of drug-likeness (QED) is 0.625. The van der Waals surface area contributed by atoms with Crippen molar-refractivity contribution in [3.63, 3.8) is 0 Å². The number of ketones is 1. The van der Waals surface area contributed by atoms with Crippen LogP contribution in [0.4, 0.5) is 4.39 Å². The van der Waals surface area contributed by atoms with Crippen LogP contribution >= 0.6 is 0 Å². The first kappa shape index (κ1) is 14.8. The number of carbonyl (C=O) groups excluding carboxylic acids is 1. The minimum absolute atomic E-state index is 0.0112. The molecule has 0 aliphatic carbocycles. The molecule has 18 heavy (non-hydrogen) atoms. The summed E-state index contributed by atoms with van der Waals surface area (Å²) in [5, 5.41) is -0.607. The first-order valence-electron chi connectivity index (χ1n) is 5.75. The van der Waals surface area contributed by atoms with Gasteiger partial charge in [-0.15, -0.1) is 0 Å². The Bertz CT molecular complexity index is 560. The lowest BCUT2D eigenvalue weighted by Gasteiger charge is -2.11. The minimum atomic E-state index is -3.49. The van der Waals surface area contributed by atoms with Crippen LogP contribution < -0.4 is 0 Å². The van der Waals surface area contributed by atoms with E-state index in [0.29, 0.717) is 0 Å². The molecule has 0 saturated carbocycles. The molecule has 0 amide bonds. The summed E-state index contributed by atoms with van der Waals surface area (Å²) in [7, 11) is -3.49. The van der Waals surface area contributed by atoms with Crippen LogP contribution in [0.25, 0.3) is 0 Å². The summed E-state index contributed by atoms with van der Waals surface area (Å²) < 4.78 is 37.5. The fourth-order valence-corrected chi connectivity index (χ4v) is 2.54. The van der Waals surface area contributed by atoms with Crippen molar-refractivity contribution in [1.29, 1.82) is 0 Å². The molecular formula is C13H17FO3S. The Morgan fingerprint density at radius 2 is 1.72 bits per heavy atom. The highest BCUT2D eigenvalue weighted by molar-refractivity contribution is 7.92. The molecule has 3 nitrogen and oxygen atoms in total. The van der Waals surface area contributed by atoms with Gasteiger partial charge in [0, 0.05) is 5.92 Å². The third-order valence-electron chi connectivity index (χ3n) is 2.68. The SMILES string of the molecule is CC(C)C(=O)c1cc(S(=O)(=O)C(C)C)ccc1F. The molecule has 0 bridgehead atoms. The average molecular weight is 272 g/mol. The lowest BCUT2D eigenvalue weighted by molar-refractivity contribution is 0.0935. The van der Waals surface area contributed by atoms with E-state index in [1.54, 1.807) is 27.7 Å². The Kier molecular flexibility index (Phi) is 4.27. The summed E-state index contributed by atoms with van der Waals surface area (Å²) in [5.41, 5.74) is -0.160. The summed E-state index contributed by atoms with van der Waals surface area (Å²) in [4.78, 5) is 11.8. The minimum Gasteiger partial charge on any atom is -0.294 e.